The van der Waals surface area contributed by atoms with Gasteiger partial charge in [0, 0.05) is 11.3 Å². The van der Waals surface area contributed by atoms with Gasteiger partial charge in [0.05, 0.1) is 6.10 Å². The van der Waals surface area contributed by atoms with Crippen LogP contribution in [0.5, 0.6) is 6.01 Å². The molecule has 0 radical (unpaired) electrons. The largest absolute Gasteiger partial charge is 0.461 e. The molecule has 0 spiro atoms. The van der Waals surface area contributed by atoms with E-state index in [4.69, 9.17) is 10.6 Å². The lowest BCUT2D eigenvalue weighted by molar-refractivity contribution is 0.222. The summed E-state index contributed by atoms with van der Waals surface area (Å²) in [6.45, 7) is 3.85. The first kappa shape index (κ1) is 16.1. The van der Waals surface area contributed by atoms with Crippen molar-refractivity contribution in [3.8, 4) is 6.01 Å². The molecule has 1 saturated carbocycles. The van der Waals surface area contributed by atoms with Gasteiger partial charge < -0.3 is 10.1 Å². The van der Waals surface area contributed by atoms with E-state index in [2.05, 4.69) is 32.0 Å². The number of nitrogens with zero attached hydrogens (tertiary/aromatic N) is 3. The Balaban J connectivity index is 2.07. The maximum Gasteiger partial charge on any atom is 0.323 e. The van der Waals surface area contributed by atoms with Gasteiger partial charge in [-0.3, -0.25) is 5.43 Å². The Morgan fingerprint density at radius 1 is 1.24 bits per heavy atom. The second-order valence-electron chi connectivity index (χ2n) is 5.44. The minimum Gasteiger partial charge on any atom is -0.461 e. The van der Waals surface area contributed by atoms with Crippen molar-refractivity contribution in [1.82, 2.24) is 15.0 Å². The summed E-state index contributed by atoms with van der Waals surface area (Å²) in [5.41, 5.74) is 2.45. The Labute approximate surface area is 129 Å². The molecule has 0 bridgehead atoms. The van der Waals surface area contributed by atoms with Gasteiger partial charge in [-0.05, 0) is 39.4 Å². The fourth-order valence-corrected chi connectivity index (χ4v) is 3.25. The lowest BCUT2D eigenvalue weighted by atomic mass is 9.95. The van der Waals surface area contributed by atoms with E-state index in [0.29, 0.717) is 23.2 Å². The molecule has 0 saturated heterocycles. The molecule has 0 amide bonds. The first-order chi connectivity index (χ1) is 10.1. The van der Waals surface area contributed by atoms with Crippen molar-refractivity contribution in [2.75, 3.05) is 17.0 Å². The minimum atomic E-state index is 0.00132. The number of nitrogen functional groups attached to an aromatic ring is 1. The fraction of sp³-hybridized carbons (Fsp3) is 0.769. The van der Waals surface area contributed by atoms with E-state index in [1.807, 2.05) is 25.6 Å². The summed E-state index contributed by atoms with van der Waals surface area (Å²) in [6, 6.07) is 0.670. The predicted molar refractivity (Wildman–Crippen MR) is 86.6 cm³/mol. The molecule has 2 rings (SSSR count). The predicted octanol–water partition coefficient (Wildman–Crippen LogP) is 2.03. The van der Waals surface area contributed by atoms with Crippen LogP contribution in [-0.2, 0) is 0 Å². The van der Waals surface area contributed by atoms with Crippen LogP contribution in [0, 0.1) is 0 Å². The third-order valence-corrected chi connectivity index (χ3v) is 4.47. The van der Waals surface area contributed by atoms with Crippen LogP contribution in [0.2, 0.25) is 0 Å². The van der Waals surface area contributed by atoms with E-state index in [0.717, 1.165) is 12.8 Å². The van der Waals surface area contributed by atoms with Gasteiger partial charge in [0.25, 0.3) is 0 Å². The van der Waals surface area contributed by atoms with E-state index in [1.165, 1.54) is 12.8 Å². The molecule has 21 heavy (non-hydrogen) atoms. The van der Waals surface area contributed by atoms with Gasteiger partial charge in [0.1, 0.15) is 0 Å². The number of rotatable bonds is 6. The molecule has 2 atom stereocenters. The summed E-state index contributed by atoms with van der Waals surface area (Å²) in [4.78, 5) is 12.6. The number of hydrogen-bond donors (Lipinski definition) is 3. The first-order valence-corrected chi connectivity index (χ1v) is 8.58. The number of nitrogens with one attached hydrogen (secondary N) is 2. The molecule has 1 aliphatic rings. The third kappa shape index (κ3) is 4.89. The van der Waals surface area contributed by atoms with Gasteiger partial charge >= 0.3 is 6.01 Å². The average molecular weight is 312 g/mol. The molecule has 7 nitrogen and oxygen atoms in total. The van der Waals surface area contributed by atoms with Crippen LogP contribution in [0.25, 0.3) is 0 Å². The molecule has 0 aromatic carbocycles. The standard InChI is InChI=1S/C13H24N6OS/c1-8(2)20-13-17-11(16-12(18-13)19-14)15-9-5-4-6-10(7-9)21-3/h8-10H,4-7,14H2,1-3H3,(H2,15,16,17,18,19). The van der Waals surface area contributed by atoms with Crippen LogP contribution < -0.4 is 21.3 Å². The first-order valence-electron chi connectivity index (χ1n) is 7.29. The van der Waals surface area contributed by atoms with Crippen molar-refractivity contribution < 1.29 is 4.74 Å². The molecule has 1 heterocycles. The number of anilines is 2. The van der Waals surface area contributed by atoms with E-state index >= 15 is 0 Å². The molecule has 1 fully saturated rings. The van der Waals surface area contributed by atoms with E-state index < -0.39 is 0 Å². The highest BCUT2D eigenvalue weighted by molar-refractivity contribution is 7.99. The van der Waals surface area contributed by atoms with Gasteiger partial charge in [0.15, 0.2) is 0 Å². The smallest absolute Gasteiger partial charge is 0.323 e. The molecular weight excluding hydrogens is 288 g/mol. The number of thioether (sulfide) groups is 1. The Hall–Kier alpha value is -1.28. The molecule has 1 aromatic heterocycles. The molecule has 8 heteroatoms. The quantitative estimate of drug-likeness (QED) is 0.542. The maximum atomic E-state index is 5.53. The van der Waals surface area contributed by atoms with Crippen LogP contribution in [0.3, 0.4) is 0 Å². The monoisotopic (exact) mass is 312 g/mol. The highest BCUT2D eigenvalue weighted by Gasteiger charge is 2.22. The average Bonchev–Trinajstić information content (AvgIpc) is 2.46. The molecule has 2 unspecified atom stereocenters. The number of aromatic nitrogens is 3. The van der Waals surface area contributed by atoms with Crippen molar-refractivity contribution in [1.29, 1.82) is 0 Å². The molecule has 1 aromatic rings. The van der Waals surface area contributed by atoms with Gasteiger partial charge in [-0.25, -0.2) is 5.84 Å². The topological polar surface area (TPSA) is 98.0 Å². The zero-order valence-corrected chi connectivity index (χ0v) is 13.6. The van der Waals surface area contributed by atoms with E-state index in [1.54, 1.807) is 0 Å². The zero-order chi connectivity index (χ0) is 15.2. The van der Waals surface area contributed by atoms with E-state index in [-0.39, 0.29) is 12.1 Å². The van der Waals surface area contributed by atoms with Crippen LogP contribution in [0.15, 0.2) is 0 Å². The number of hydrogen-bond acceptors (Lipinski definition) is 8. The SMILES string of the molecule is CSC1CCCC(Nc2nc(NN)nc(OC(C)C)n2)C1. The van der Waals surface area contributed by atoms with Crippen LogP contribution in [0.4, 0.5) is 11.9 Å². The van der Waals surface area contributed by atoms with Crippen LogP contribution >= 0.6 is 11.8 Å². The van der Waals surface area contributed by atoms with Crippen LogP contribution in [-0.4, -0.2) is 38.6 Å². The Morgan fingerprint density at radius 3 is 2.67 bits per heavy atom. The summed E-state index contributed by atoms with van der Waals surface area (Å²) in [6.07, 6.45) is 6.94. The summed E-state index contributed by atoms with van der Waals surface area (Å²) in [5.74, 6) is 6.23. The Kier molecular flexibility index (Phi) is 5.86. The number of nitrogens with two attached hydrogens (primary N) is 1. The molecule has 0 aliphatic heterocycles. The minimum absolute atomic E-state index is 0.00132. The molecular formula is C13H24N6OS. The Bertz CT molecular complexity index is 458. The zero-order valence-electron chi connectivity index (χ0n) is 12.8. The summed E-state index contributed by atoms with van der Waals surface area (Å²) >= 11 is 1.93. The van der Waals surface area contributed by atoms with Crippen LogP contribution in [0.1, 0.15) is 39.5 Å². The summed E-state index contributed by atoms with van der Waals surface area (Å²) in [5, 5.41) is 4.09. The fourth-order valence-electron chi connectivity index (χ4n) is 2.42. The van der Waals surface area contributed by atoms with Crippen molar-refractivity contribution in [3.63, 3.8) is 0 Å². The second kappa shape index (κ2) is 7.65. The molecule has 1 aliphatic carbocycles. The van der Waals surface area contributed by atoms with E-state index in [9.17, 15) is 0 Å². The highest BCUT2D eigenvalue weighted by Crippen LogP contribution is 2.28. The van der Waals surface area contributed by atoms with Crippen molar-refractivity contribution in [2.24, 2.45) is 5.84 Å². The van der Waals surface area contributed by atoms with Crippen molar-refractivity contribution >= 4 is 23.7 Å². The van der Waals surface area contributed by atoms with Crippen molar-refractivity contribution in [2.45, 2.75) is 56.9 Å². The Morgan fingerprint density at radius 2 is 2.00 bits per heavy atom. The van der Waals surface area contributed by atoms with Gasteiger partial charge in [-0.1, -0.05) is 6.42 Å². The third-order valence-electron chi connectivity index (χ3n) is 3.38. The maximum absolute atomic E-state index is 5.53. The second-order valence-corrected chi connectivity index (χ2v) is 6.58. The lowest BCUT2D eigenvalue weighted by Crippen LogP contribution is -2.29. The molecule has 4 N–H and O–H groups in total. The lowest BCUT2D eigenvalue weighted by Gasteiger charge is -2.28. The normalized spacial score (nSPS) is 22.1. The van der Waals surface area contributed by atoms with Gasteiger partial charge in [-0.15, -0.1) is 0 Å². The summed E-state index contributed by atoms with van der Waals surface area (Å²) < 4.78 is 5.53. The number of hydrazine groups is 1. The number of ether oxygens (including phenoxy) is 1. The highest BCUT2D eigenvalue weighted by atomic mass is 32.2. The van der Waals surface area contributed by atoms with Crippen molar-refractivity contribution in [3.05, 3.63) is 0 Å². The summed E-state index contributed by atoms with van der Waals surface area (Å²) in [7, 11) is 0. The van der Waals surface area contributed by atoms with Gasteiger partial charge in [0.2, 0.25) is 11.9 Å². The molecule has 118 valence electrons. The van der Waals surface area contributed by atoms with Gasteiger partial charge in [-0.2, -0.15) is 26.7 Å².